The molecule has 2 heteroatoms. The topological polar surface area (TPSA) is 24.1 Å². The fourth-order valence-corrected chi connectivity index (χ4v) is 2.29. The summed E-state index contributed by atoms with van der Waals surface area (Å²) in [7, 11) is 0. The van der Waals surface area contributed by atoms with Crippen LogP contribution >= 0.6 is 0 Å². The first-order valence-corrected chi connectivity index (χ1v) is 5.86. The van der Waals surface area contributed by atoms with E-state index in [2.05, 4.69) is 10.6 Å². The lowest BCUT2D eigenvalue weighted by atomic mass is 9.85. The summed E-state index contributed by atoms with van der Waals surface area (Å²) in [5, 5.41) is 7.08. The maximum Gasteiger partial charge on any atom is -0.000826 e. The van der Waals surface area contributed by atoms with Crippen LogP contribution in [0, 0.1) is 11.8 Å². The SMILES string of the molecule is C1CC(CNCC2CCCNC2)C1. The summed E-state index contributed by atoms with van der Waals surface area (Å²) >= 11 is 0. The second-order valence-corrected chi connectivity index (χ2v) is 4.67. The number of hydrogen-bond acceptors (Lipinski definition) is 2. The molecule has 2 fully saturated rings. The quantitative estimate of drug-likeness (QED) is 0.686. The summed E-state index contributed by atoms with van der Waals surface area (Å²) in [6.07, 6.45) is 7.20. The van der Waals surface area contributed by atoms with E-state index in [9.17, 15) is 0 Å². The standard InChI is InChI=1S/C11H22N2/c1-3-10(4-1)7-13-9-11-5-2-6-12-8-11/h10-13H,1-9H2. The molecule has 1 saturated carbocycles. The largest absolute Gasteiger partial charge is 0.316 e. The summed E-state index contributed by atoms with van der Waals surface area (Å²) in [6.45, 7) is 4.98. The zero-order chi connectivity index (χ0) is 8.93. The van der Waals surface area contributed by atoms with E-state index in [4.69, 9.17) is 0 Å². The molecule has 1 aliphatic carbocycles. The minimum absolute atomic E-state index is 0.897. The van der Waals surface area contributed by atoms with Crippen molar-refractivity contribution < 1.29 is 0 Å². The van der Waals surface area contributed by atoms with Gasteiger partial charge in [0.2, 0.25) is 0 Å². The molecule has 0 amide bonds. The molecule has 76 valence electrons. The molecule has 0 bridgehead atoms. The minimum atomic E-state index is 0.897. The average molecular weight is 182 g/mol. The smallest absolute Gasteiger partial charge is 0.000826 e. The van der Waals surface area contributed by atoms with Crippen LogP contribution in [-0.2, 0) is 0 Å². The Labute approximate surface area is 81.5 Å². The highest BCUT2D eigenvalue weighted by atomic mass is 14.9. The Bertz CT molecular complexity index is 137. The third-order valence-electron chi connectivity index (χ3n) is 3.49. The predicted molar refractivity (Wildman–Crippen MR) is 55.8 cm³/mol. The van der Waals surface area contributed by atoms with Gasteiger partial charge in [-0.15, -0.1) is 0 Å². The van der Waals surface area contributed by atoms with Gasteiger partial charge in [0.25, 0.3) is 0 Å². The van der Waals surface area contributed by atoms with Crippen molar-refractivity contribution in [2.45, 2.75) is 32.1 Å². The molecule has 2 nitrogen and oxygen atoms in total. The van der Waals surface area contributed by atoms with Crippen LogP contribution in [0.25, 0.3) is 0 Å². The number of nitrogens with one attached hydrogen (secondary N) is 2. The van der Waals surface area contributed by atoms with E-state index in [1.165, 1.54) is 58.3 Å². The maximum absolute atomic E-state index is 3.62. The van der Waals surface area contributed by atoms with Crippen LogP contribution < -0.4 is 10.6 Å². The van der Waals surface area contributed by atoms with Gasteiger partial charge in [-0.1, -0.05) is 6.42 Å². The Balaban J connectivity index is 1.50. The Morgan fingerprint density at radius 3 is 2.38 bits per heavy atom. The first-order chi connectivity index (χ1) is 6.45. The van der Waals surface area contributed by atoms with Gasteiger partial charge in [0.15, 0.2) is 0 Å². The van der Waals surface area contributed by atoms with Crippen LogP contribution in [0.4, 0.5) is 0 Å². The van der Waals surface area contributed by atoms with Crippen molar-refractivity contribution in [1.29, 1.82) is 0 Å². The normalized spacial score (nSPS) is 30.0. The van der Waals surface area contributed by atoms with Gasteiger partial charge < -0.3 is 10.6 Å². The third kappa shape index (κ3) is 2.96. The van der Waals surface area contributed by atoms with Crippen LogP contribution in [0.1, 0.15) is 32.1 Å². The summed E-state index contributed by atoms with van der Waals surface area (Å²) in [4.78, 5) is 0. The van der Waals surface area contributed by atoms with Crippen LogP contribution in [0.2, 0.25) is 0 Å². The Morgan fingerprint density at radius 1 is 1.00 bits per heavy atom. The third-order valence-corrected chi connectivity index (χ3v) is 3.49. The summed E-state index contributed by atoms with van der Waals surface area (Å²) in [5.41, 5.74) is 0. The van der Waals surface area contributed by atoms with Crippen molar-refractivity contribution in [3.63, 3.8) is 0 Å². The Morgan fingerprint density at radius 2 is 1.77 bits per heavy atom. The van der Waals surface area contributed by atoms with Crippen LogP contribution in [-0.4, -0.2) is 26.2 Å². The zero-order valence-corrected chi connectivity index (χ0v) is 8.52. The first-order valence-electron chi connectivity index (χ1n) is 5.86. The van der Waals surface area contributed by atoms with E-state index in [0.717, 1.165) is 11.8 Å². The van der Waals surface area contributed by atoms with Gasteiger partial charge in [-0.2, -0.15) is 0 Å². The first kappa shape index (κ1) is 9.47. The lowest BCUT2D eigenvalue weighted by Crippen LogP contribution is -2.38. The maximum atomic E-state index is 3.62. The lowest BCUT2D eigenvalue weighted by molar-refractivity contribution is 0.284. The van der Waals surface area contributed by atoms with E-state index in [1.54, 1.807) is 0 Å². The number of rotatable bonds is 4. The molecule has 2 rings (SSSR count). The van der Waals surface area contributed by atoms with E-state index in [-0.39, 0.29) is 0 Å². The molecule has 0 aromatic carbocycles. The molecular formula is C11H22N2. The highest BCUT2D eigenvalue weighted by Crippen LogP contribution is 2.25. The molecule has 13 heavy (non-hydrogen) atoms. The fraction of sp³-hybridized carbons (Fsp3) is 1.00. The van der Waals surface area contributed by atoms with Crippen molar-refractivity contribution in [1.82, 2.24) is 10.6 Å². The summed E-state index contributed by atoms with van der Waals surface area (Å²) in [5.74, 6) is 1.91. The molecule has 1 unspecified atom stereocenters. The van der Waals surface area contributed by atoms with E-state index >= 15 is 0 Å². The van der Waals surface area contributed by atoms with Crippen molar-refractivity contribution in [3.05, 3.63) is 0 Å². The number of piperidine rings is 1. The molecule has 1 heterocycles. The highest BCUT2D eigenvalue weighted by Gasteiger charge is 2.18. The van der Waals surface area contributed by atoms with Crippen LogP contribution in [0.5, 0.6) is 0 Å². The predicted octanol–water partition coefficient (Wildman–Crippen LogP) is 1.38. The van der Waals surface area contributed by atoms with Gasteiger partial charge in [0, 0.05) is 0 Å². The monoisotopic (exact) mass is 182 g/mol. The van der Waals surface area contributed by atoms with Crippen molar-refractivity contribution in [2.24, 2.45) is 11.8 Å². The molecule has 0 radical (unpaired) electrons. The molecule has 0 spiro atoms. The zero-order valence-electron chi connectivity index (χ0n) is 8.52. The molecule has 0 aromatic rings. The van der Waals surface area contributed by atoms with Gasteiger partial charge in [0.1, 0.15) is 0 Å². The van der Waals surface area contributed by atoms with Crippen molar-refractivity contribution in [2.75, 3.05) is 26.2 Å². The molecule has 1 atom stereocenters. The van der Waals surface area contributed by atoms with Gasteiger partial charge in [-0.05, 0) is 63.7 Å². The van der Waals surface area contributed by atoms with Crippen molar-refractivity contribution in [3.8, 4) is 0 Å². The second kappa shape index (κ2) is 4.97. The van der Waals surface area contributed by atoms with Crippen LogP contribution in [0.3, 0.4) is 0 Å². The van der Waals surface area contributed by atoms with E-state index in [1.807, 2.05) is 0 Å². The molecule has 1 aliphatic heterocycles. The minimum Gasteiger partial charge on any atom is -0.316 e. The molecule has 2 N–H and O–H groups in total. The molecular weight excluding hydrogens is 160 g/mol. The van der Waals surface area contributed by atoms with Gasteiger partial charge >= 0.3 is 0 Å². The fourth-order valence-electron chi connectivity index (χ4n) is 2.29. The van der Waals surface area contributed by atoms with Crippen LogP contribution in [0.15, 0.2) is 0 Å². The second-order valence-electron chi connectivity index (χ2n) is 4.67. The summed E-state index contributed by atoms with van der Waals surface area (Å²) < 4.78 is 0. The summed E-state index contributed by atoms with van der Waals surface area (Å²) in [6, 6.07) is 0. The van der Waals surface area contributed by atoms with Crippen molar-refractivity contribution >= 4 is 0 Å². The van der Waals surface area contributed by atoms with Gasteiger partial charge in [-0.25, -0.2) is 0 Å². The Hall–Kier alpha value is -0.0800. The van der Waals surface area contributed by atoms with E-state index in [0.29, 0.717) is 0 Å². The van der Waals surface area contributed by atoms with Gasteiger partial charge in [0.05, 0.1) is 0 Å². The van der Waals surface area contributed by atoms with E-state index < -0.39 is 0 Å². The van der Waals surface area contributed by atoms with Gasteiger partial charge in [-0.3, -0.25) is 0 Å². The number of hydrogen-bond donors (Lipinski definition) is 2. The molecule has 2 aliphatic rings. The Kier molecular flexibility index (Phi) is 3.62. The highest BCUT2D eigenvalue weighted by molar-refractivity contribution is 4.75. The lowest BCUT2D eigenvalue weighted by Gasteiger charge is -2.28. The average Bonchev–Trinajstić information content (AvgIpc) is 2.11. The molecule has 0 aromatic heterocycles. The molecule has 1 saturated heterocycles.